The largest absolute Gasteiger partial charge is 0.452 e. The molecular weight excluding hydrogens is 415 g/mol. The topological polar surface area (TPSA) is 126 Å². The summed E-state index contributed by atoms with van der Waals surface area (Å²) in [5.41, 5.74) is -1.50. The van der Waals surface area contributed by atoms with E-state index in [0.717, 1.165) is 13.8 Å². The lowest BCUT2D eigenvalue weighted by Crippen LogP contribution is -2.52. The van der Waals surface area contributed by atoms with Gasteiger partial charge in [0.05, 0.1) is 12.9 Å². The molecule has 1 fully saturated rings. The lowest BCUT2D eigenvalue weighted by atomic mass is 9.92. The maximum atomic E-state index is 11.7. The van der Waals surface area contributed by atoms with Gasteiger partial charge in [-0.3, -0.25) is 14.2 Å². The number of carbonyl (C=O) groups excluding carboxylic acids is 2. The van der Waals surface area contributed by atoms with Gasteiger partial charge in [-0.2, -0.15) is 4.98 Å². The van der Waals surface area contributed by atoms with Gasteiger partial charge in [0.1, 0.15) is 11.6 Å². The summed E-state index contributed by atoms with van der Waals surface area (Å²) in [5.74, 6) is 0.846. The number of aliphatic hydroxyl groups excluding tert-OH is 1. The van der Waals surface area contributed by atoms with Crippen molar-refractivity contribution < 1.29 is 28.9 Å². The summed E-state index contributed by atoms with van der Waals surface area (Å²) in [7, 11) is 0. The maximum Gasteiger partial charge on any atom is 0.304 e. The zero-order valence-corrected chi connectivity index (χ0v) is 16.1. The number of halogens is 2. The summed E-state index contributed by atoms with van der Waals surface area (Å²) in [6, 6.07) is 0. The van der Waals surface area contributed by atoms with E-state index in [2.05, 4.69) is 20.9 Å². The van der Waals surface area contributed by atoms with Crippen molar-refractivity contribution in [1.82, 2.24) is 19.5 Å². The number of aromatic nitrogens is 4. The van der Waals surface area contributed by atoms with Crippen molar-refractivity contribution in [3.8, 4) is 12.3 Å². The number of esters is 2. The van der Waals surface area contributed by atoms with Crippen LogP contribution >= 0.6 is 23.2 Å². The summed E-state index contributed by atoms with van der Waals surface area (Å²) in [6.45, 7) is 1.67. The molecule has 10 nitrogen and oxygen atoms in total. The third kappa shape index (κ3) is 3.27. The van der Waals surface area contributed by atoms with E-state index >= 15 is 0 Å². The average Bonchev–Trinajstić information content (AvgIpc) is 3.14. The van der Waals surface area contributed by atoms with Crippen LogP contribution in [0.5, 0.6) is 0 Å². The molecule has 1 aliphatic heterocycles. The zero-order valence-electron chi connectivity index (χ0n) is 14.6. The van der Waals surface area contributed by atoms with Crippen molar-refractivity contribution in [3.63, 3.8) is 0 Å². The molecule has 0 amide bonds. The zero-order chi connectivity index (χ0) is 20.6. The third-order valence-electron chi connectivity index (χ3n) is 4.09. The van der Waals surface area contributed by atoms with Crippen LogP contribution in [0.3, 0.4) is 0 Å². The number of nitrogens with zero attached hydrogens (tertiary/aromatic N) is 4. The summed E-state index contributed by atoms with van der Waals surface area (Å²) in [6.07, 6.45) is 3.26. The Morgan fingerprint density at radius 2 is 2.11 bits per heavy atom. The highest BCUT2D eigenvalue weighted by Gasteiger charge is 2.61. The molecule has 28 heavy (non-hydrogen) atoms. The van der Waals surface area contributed by atoms with Crippen LogP contribution in [-0.2, 0) is 23.8 Å². The van der Waals surface area contributed by atoms with Crippen LogP contribution in [0.4, 0.5) is 0 Å². The number of carbonyl (C=O) groups is 2. The van der Waals surface area contributed by atoms with Crippen molar-refractivity contribution in [1.29, 1.82) is 0 Å². The van der Waals surface area contributed by atoms with Gasteiger partial charge in [0.2, 0.25) is 17.0 Å². The van der Waals surface area contributed by atoms with E-state index in [1.54, 1.807) is 0 Å². The number of rotatable bonds is 4. The summed E-state index contributed by atoms with van der Waals surface area (Å²) in [4.78, 5) is 35.4. The van der Waals surface area contributed by atoms with Crippen LogP contribution in [0.15, 0.2) is 6.33 Å². The number of hydrogen-bond acceptors (Lipinski definition) is 9. The molecule has 4 atom stereocenters. The minimum atomic E-state index is -1.88. The Kier molecular flexibility index (Phi) is 5.45. The smallest absolute Gasteiger partial charge is 0.304 e. The number of imidazole rings is 1. The molecule has 0 bridgehead atoms. The van der Waals surface area contributed by atoms with Gasteiger partial charge in [-0.15, -0.1) is 6.42 Å². The van der Waals surface area contributed by atoms with Crippen molar-refractivity contribution in [2.75, 3.05) is 6.61 Å². The van der Waals surface area contributed by atoms with E-state index < -0.39 is 42.6 Å². The van der Waals surface area contributed by atoms with E-state index in [4.69, 9.17) is 43.8 Å². The Bertz CT molecular complexity index is 989. The summed E-state index contributed by atoms with van der Waals surface area (Å²) < 4.78 is 17.8. The molecule has 0 spiro atoms. The van der Waals surface area contributed by atoms with Crippen molar-refractivity contribution in [2.45, 2.75) is 37.9 Å². The van der Waals surface area contributed by atoms with E-state index in [9.17, 15) is 14.7 Å². The summed E-state index contributed by atoms with van der Waals surface area (Å²) in [5, 5.41) is 9.62. The Labute approximate surface area is 168 Å². The molecule has 3 heterocycles. The van der Waals surface area contributed by atoms with Gasteiger partial charge in [-0.05, 0) is 11.6 Å². The van der Waals surface area contributed by atoms with Crippen molar-refractivity contribution in [3.05, 3.63) is 16.8 Å². The fourth-order valence-corrected chi connectivity index (χ4v) is 3.48. The van der Waals surface area contributed by atoms with Crippen molar-refractivity contribution >= 4 is 46.3 Å². The highest BCUT2D eigenvalue weighted by Crippen LogP contribution is 2.43. The molecule has 0 saturated carbocycles. The number of terminal acetylenes is 1. The molecule has 2 aromatic heterocycles. The van der Waals surface area contributed by atoms with Crippen LogP contribution < -0.4 is 0 Å². The predicted octanol–water partition coefficient (Wildman–Crippen LogP) is 0.890. The van der Waals surface area contributed by atoms with Gasteiger partial charge in [0.15, 0.2) is 17.0 Å². The van der Waals surface area contributed by atoms with Gasteiger partial charge in [-0.25, -0.2) is 9.97 Å². The first kappa shape index (κ1) is 20.3. The van der Waals surface area contributed by atoms with Crippen LogP contribution in [0.2, 0.25) is 10.4 Å². The quantitative estimate of drug-likeness (QED) is 0.326. The van der Waals surface area contributed by atoms with E-state index in [1.165, 1.54) is 10.9 Å². The number of ether oxygens (including phenoxy) is 3. The molecule has 3 rings (SSSR count). The maximum absolute atomic E-state index is 11.7. The number of fused-ring (bicyclic) bond motifs is 1. The predicted molar refractivity (Wildman–Crippen MR) is 95.2 cm³/mol. The second kappa shape index (κ2) is 7.52. The van der Waals surface area contributed by atoms with Gasteiger partial charge >= 0.3 is 11.9 Å². The molecule has 1 aliphatic rings. The van der Waals surface area contributed by atoms with Crippen LogP contribution in [0.25, 0.3) is 11.2 Å². The third-order valence-corrected chi connectivity index (χ3v) is 4.52. The van der Waals surface area contributed by atoms with Crippen LogP contribution in [0, 0.1) is 12.3 Å². The molecule has 12 heteroatoms. The normalized spacial score (nSPS) is 26.8. The highest BCUT2D eigenvalue weighted by atomic mass is 35.5. The summed E-state index contributed by atoms with van der Waals surface area (Å²) >= 11 is 11.9. The monoisotopic (exact) mass is 428 g/mol. The molecule has 1 saturated heterocycles. The Morgan fingerprint density at radius 3 is 2.68 bits per heavy atom. The van der Waals surface area contributed by atoms with Gasteiger partial charge in [0.25, 0.3) is 0 Å². The fraction of sp³-hybridized carbons (Fsp3) is 0.438. The molecule has 0 aromatic carbocycles. The Balaban J connectivity index is 2.18. The number of aliphatic hydroxyl groups is 1. The first-order chi connectivity index (χ1) is 13.2. The molecule has 2 aromatic rings. The number of hydrogen-bond donors (Lipinski definition) is 1. The Morgan fingerprint density at radius 1 is 1.39 bits per heavy atom. The minimum absolute atomic E-state index is 0.00214. The molecule has 0 aliphatic carbocycles. The second-order valence-electron chi connectivity index (χ2n) is 5.87. The first-order valence-corrected chi connectivity index (χ1v) is 8.65. The highest BCUT2D eigenvalue weighted by molar-refractivity contribution is 6.35. The molecule has 0 unspecified atom stereocenters. The van der Waals surface area contributed by atoms with Crippen LogP contribution in [-0.4, -0.2) is 61.0 Å². The van der Waals surface area contributed by atoms with Crippen molar-refractivity contribution in [2.24, 2.45) is 0 Å². The lowest BCUT2D eigenvalue weighted by Gasteiger charge is -2.32. The van der Waals surface area contributed by atoms with Crippen LogP contribution in [0.1, 0.15) is 20.1 Å². The molecule has 0 radical (unpaired) electrons. The Hall–Kier alpha value is -2.45. The molecule has 148 valence electrons. The lowest BCUT2D eigenvalue weighted by molar-refractivity contribution is -0.175. The minimum Gasteiger partial charge on any atom is -0.452 e. The van der Waals surface area contributed by atoms with Gasteiger partial charge < -0.3 is 19.3 Å². The standard InChI is InChI=1S/C16H14Cl2N4O6/c1-4-16(28-8(3)25)9(5-23)27-14(11(16)26-7(2)24)22-6-19-10-12(17)20-15(18)21-13(10)22/h1,6,9,11,14,23H,5H2,2-3H3/t9-,11+,14-,16-/m1/s1. The SMILES string of the molecule is C#C[C@@]1(OC(C)=O)[C@@H](CO)O[C@@H](n2cnc3c(Cl)nc(Cl)nc32)[C@@H]1OC(C)=O. The molecular formula is C16H14Cl2N4O6. The van der Waals surface area contributed by atoms with E-state index in [0.29, 0.717) is 0 Å². The van der Waals surface area contributed by atoms with Gasteiger partial charge in [0, 0.05) is 13.8 Å². The average molecular weight is 429 g/mol. The second-order valence-corrected chi connectivity index (χ2v) is 6.56. The van der Waals surface area contributed by atoms with E-state index in [1.807, 2.05) is 0 Å². The van der Waals surface area contributed by atoms with E-state index in [-0.39, 0.29) is 21.6 Å². The fourth-order valence-electron chi connectivity index (χ4n) is 3.06. The first-order valence-electron chi connectivity index (χ1n) is 7.90. The van der Waals surface area contributed by atoms with Gasteiger partial charge in [-0.1, -0.05) is 17.5 Å². The molecule has 1 N–H and O–H groups in total.